The van der Waals surface area contributed by atoms with E-state index in [1.54, 1.807) is 0 Å². The molecule has 0 aromatic carbocycles. The first-order chi connectivity index (χ1) is 8.79. The maximum Gasteiger partial charge on any atom is 0.219 e. The number of carbonyl (C=O) groups is 2. The Labute approximate surface area is 110 Å². The Kier molecular flexibility index (Phi) is 8.47. The molecule has 18 heavy (non-hydrogen) atoms. The highest BCUT2D eigenvalue weighted by Gasteiger charge is 2.03. The molecule has 0 aromatic rings. The van der Waals surface area contributed by atoms with Gasteiger partial charge in [-0.3, -0.25) is 9.59 Å². The molecule has 0 saturated carbocycles. The third kappa shape index (κ3) is 8.23. The van der Waals surface area contributed by atoms with Crippen molar-refractivity contribution in [2.24, 2.45) is 0 Å². The topological polar surface area (TPSA) is 58.2 Å². The van der Waals surface area contributed by atoms with E-state index in [4.69, 9.17) is 0 Å². The van der Waals surface area contributed by atoms with Gasteiger partial charge in [-0.15, -0.1) is 0 Å². The molecule has 1 heterocycles. The molecule has 0 aromatic heterocycles. The smallest absolute Gasteiger partial charge is 0.219 e. The van der Waals surface area contributed by atoms with Gasteiger partial charge in [0, 0.05) is 19.4 Å². The van der Waals surface area contributed by atoms with E-state index in [9.17, 15) is 9.59 Å². The largest absolute Gasteiger partial charge is 0.356 e. The first-order valence-electron chi connectivity index (χ1n) is 7.28. The third-order valence-electron chi connectivity index (χ3n) is 3.28. The van der Waals surface area contributed by atoms with Crippen LogP contribution in [-0.4, -0.2) is 31.3 Å². The number of ketones is 1. The number of amides is 1. The minimum atomic E-state index is 0.185. The minimum Gasteiger partial charge on any atom is -0.356 e. The van der Waals surface area contributed by atoms with Crippen molar-refractivity contribution in [3.63, 3.8) is 0 Å². The van der Waals surface area contributed by atoms with Crippen LogP contribution in [-0.2, 0) is 9.59 Å². The summed E-state index contributed by atoms with van der Waals surface area (Å²) in [5.41, 5.74) is 0. The fraction of sp³-hybridized carbons (Fsp3) is 0.857. The summed E-state index contributed by atoms with van der Waals surface area (Å²) in [6.45, 7) is 2.18. The molecule has 4 heteroatoms. The van der Waals surface area contributed by atoms with Gasteiger partial charge in [-0.1, -0.05) is 19.3 Å². The Morgan fingerprint density at radius 3 is 2.28 bits per heavy atom. The van der Waals surface area contributed by atoms with Crippen LogP contribution < -0.4 is 10.6 Å². The zero-order valence-electron chi connectivity index (χ0n) is 11.3. The van der Waals surface area contributed by atoms with Crippen molar-refractivity contribution in [2.45, 2.75) is 57.8 Å². The predicted octanol–water partition coefficient (Wildman–Crippen LogP) is 1.79. The Bertz CT molecular complexity index is 208. The molecule has 0 unspecified atom stereocenters. The van der Waals surface area contributed by atoms with Crippen LogP contribution in [0.4, 0.5) is 0 Å². The van der Waals surface area contributed by atoms with Crippen LogP contribution in [0.1, 0.15) is 57.8 Å². The summed E-state index contributed by atoms with van der Waals surface area (Å²) in [4.78, 5) is 22.9. The number of hydrogen-bond donors (Lipinski definition) is 2. The van der Waals surface area contributed by atoms with Crippen molar-refractivity contribution in [1.82, 2.24) is 10.6 Å². The molecule has 1 saturated heterocycles. The minimum absolute atomic E-state index is 0.185. The van der Waals surface area contributed by atoms with Crippen molar-refractivity contribution >= 4 is 11.7 Å². The standard InChI is InChI=1S/C14H26N2O2/c17-13-8-4-1-2-7-11-16-14(18)9-5-3-6-10-15-12-13/h15H,1-12H2,(H,16,18). The monoisotopic (exact) mass is 254 g/mol. The van der Waals surface area contributed by atoms with E-state index >= 15 is 0 Å². The lowest BCUT2D eigenvalue weighted by Gasteiger charge is -2.07. The summed E-state index contributed by atoms with van der Waals surface area (Å²) >= 11 is 0. The number of carbonyl (C=O) groups excluding carboxylic acids is 2. The summed E-state index contributed by atoms with van der Waals surface area (Å²) in [6, 6.07) is 0. The first-order valence-corrected chi connectivity index (χ1v) is 7.28. The third-order valence-corrected chi connectivity index (χ3v) is 3.28. The van der Waals surface area contributed by atoms with Gasteiger partial charge in [0.1, 0.15) is 5.78 Å². The number of Topliss-reactive ketones (excluding diaryl/α,β-unsaturated/α-hetero) is 1. The fourth-order valence-corrected chi connectivity index (χ4v) is 2.15. The highest BCUT2D eigenvalue weighted by molar-refractivity contribution is 5.80. The highest BCUT2D eigenvalue weighted by atomic mass is 16.1. The molecule has 1 rings (SSSR count). The maximum atomic E-state index is 11.5. The second-order valence-corrected chi connectivity index (χ2v) is 5.04. The van der Waals surface area contributed by atoms with E-state index in [1.165, 1.54) is 0 Å². The van der Waals surface area contributed by atoms with Crippen LogP contribution in [0.15, 0.2) is 0 Å². The van der Waals surface area contributed by atoms with Crippen LogP contribution in [0.5, 0.6) is 0 Å². The average Bonchev–Trinajstić information content (AvgIpc) is 2.35. The van der Waals surface area contributed by atoms with Gasteiger partial charge in [-0.2, -0.15) is 0 Å². The highest BCUT2D eigenvalue weighted by Crippen LogP contribution is 2.04. The lowest BCUT2D eigenvalue weighted by Crippen LogP contribution is -2.25. The SMILES string of the molecule is O=C1CCCCCCNC(=O)CCCCCNC1. The Hall–Kier alpha value is -0.900. The van der Waals surface area contributed by atoms with Crippen molar-refractivity contribution in [2.75, 3.05) is 19.6 Å². The molecule has 104 valence electrons. The number of hydrogen-bond acceptors (Lipinski definition) is 3. The van der Waals surface area contributed by atoms with Gasteiger partial charge >= 0.3 is 0 Å². The molecule has 0 atom stereocenters. The van der Waals surface area contributed by atoms with Crippen LogP contribution in [0.2, 0.25) is 0 Å². The van der Waals surface area contributed by atoms with Gasteiger partial charge < -0.3 is 10.6 Å². The van der Waals surface area contributed by atoms with Crippen molar-refractivity contribution < 1.29 is 9.59 Å². The van der Waals surface area contributed by atoms with Crippen LogP contribution >= 0.6 is 0 Å². The Morgan fingerprint density at radius 2 is 1.39 bits per heavy atom. The molecule has 0 spiro atoms. The fourth-order valence-electron chi connectivity index (χ4n) is 2.15. The normalized spacial score (nSPS) is 22.4. The van der Waals surface area contributed by atoms with Gasteiger partial charge in [0.05, 0.1) is 6.54 Å². The van der Waals surface area contributed by atoms with E-state index in [-0.39, 0.29) is 5.91 Å². The summed E-state index contributed by atoms with van der Waals surface area (Å²) in [5.74, 6) is 0.514. The zero-order valence-corrected chi connectivity index (χ0v) is 11.3. The summed E-state index contributed by atoms with van der Waals surface area (Å²) < 4.78 is 0. The molecular formula is C14H26N2O2. The van der Waals surface area contributed by atoms with E-state index in [0.717, 1.165) is 58.0 Å². The molecule has 4 nitrogen and oxygen atoms in total. The zero-order chi connectivity index (χ0) is 13.1. The van der Waals surface area contributed by atoms with Crippen molar-refractivity contribution in [3.05, 3.63) is 0 Å². The lowest BCUT2D eigenvalue weighted by molar-refractivity contribution is -0.121. The van der Waals surface area contributed by atoms with Gasteiger partial charge in [-0.05, 0) is 32.2 Å². The van der Waals surface area contributed by atoms with Gasteiger partial charge in [0.25, 0.3) is 0 Å². The average molecular weight is 254 g/mol. The van der Waals surface area contributed by atoms with Crippen molar-refractivity contribution in [1.29, 1.82) is 0 Å². The summed E-state index contributed by atoms with van der Waals surface area (Å²) in [7, 11) is 0. The second-order valence-electron chi connectivity index (χ2n) is 5.04. The molecule has 0 radical (unpaired) electrons. The molecule has 2 N–H and O–H groups in total. The molecule has 1 aliphatic rings. The molecule has 0 aliphatic carbocycles. The summed E-state index contributed by atoms with van der Waals surface area (Å²) in [6.07, 6.45) is 8.56. The summed E-state index contributed by atoms with van der Waals surface area (Å²) in [5, 5.41) is 6.13. The maximum absolute atomic E-state index is 11.5. The van der Waals surface area contributed by atoms with Gasteiger partial charge in [0.15, 0.2) is 0 Å². The molecule has 1 fully saturated rings. The Morgan fingerprint density at radius 1 is 0.722 bits per heavy atom. The van der Waals surface area contributed by atoms with E-state index < -0.39 is 0 Å². The van der Waals surface area contributed by atoms with Gasteiger partial charge in [0.2, 0.25) is 5.91 Å². The molecule has 1 aliphatic heterocycles. The number of nitrogens with one attached hydrogen (secondary N) is 2. The van der Waals surface area contributed by atoms with Gasteiger partial charge in [-0.25, -0.2) is 0 Å². The molecule has 0 bridgehead atoms. The van der Waals surface area contributed by atoms with E-state index in [1.807, 2.05) is 0 Å². The van der Waals surface area contributed by atoms with Crippen LogP contribution in [0.3, 0.4) is 0 Å². The van der Waals surface area contributed by atoms with E-state index in [2.05, 4.69) is 10.6 Å². The molecular weight excluding hydrogens is 228 g/mol. The molecule has 1 amide bonds. The number of rotatable bonds is 0. The van der Waals surface area contributed by atoms with E-state index in [0.29, 0.717) is 25.2 Å². The quantitative estimate of drug-likeness (QED) is 0.693. The van der Waals surface area contributed by atoms with Crippen molar-refractivity contribution in [3.8, 4) is 0 Å². The van der Waals surface area contributed by atoms with Crippen LogP contribution in [0.25, 0.3) is 0 Å². The van der Waals surface area contributed by atoms with Crippen LogP contribution in [0, 0.1) is 0 Å². The second kappa shape index (κ2) is 10.1. The predicted molar refractivity (Wildman–Crippen MR) is 72.4 cm³/mol. The first kappa shape index (κ1) is 15.2. The Balaban J connectivity index is 2.21. The lowest BCUT2D eigenvalue weighted by atomic mass is 10.1.